The maximum absolute atomic E-state index is 13.3. The van der Waals surface area contributed by atoms with Crippen LogP contribution in [0.3, 0.4) is 0 Å². The molecule has 3 rings (SSSR count). The Kier molecular flexibility index (Phi) is 7.43. The van der Waals surface area contributed by atoms with Crippen LogP contribution in [0.4, 0.5) is 4.39 Å². The van der Waals surface area contributed by atoms with E-state index >= 15 is 0 Å². The molecular formula is C23H22ClFN2O3S. The van der Waals surface area contributed by atoms with Crippen molar-refractivity contribution in [3.63, 3.8) is 0 Å². The number of sulfonamides is 1. The van der Waals surface area contributed by atoms with E-state index in [0.717, 1.165) is 9.87 Å². The quantitative estimate of drug-likeness (QED) is 0.536. The monoisotopic (exact) mass is 460 g/mol. The van der Waals surface area contributed by atoms with E-state index in [4.69, 9.17) is 11.6 Å². The van der Waals surface area contributed by atoms with Crippen molar-refractivity contribution in [1.29, 1.82) is 0 Å². The van der Waals surface area contributed by atoms with Crippen LogP contribution in [-0.2, 0) is 21.4 Å². The van der Waals surface area contributed by atoms with Crippen molar-refractivity contribution in [2.45, 2.75) is 24.4 Å². The van der Waals surface area contributed by atoms with Crippen molar-refractivity contribution in [3.05, 3.63) is 101 Å². The topological polar surface area (TPSA) is 66.5 Å². The molecule has 1 amide bonds. The molecule has 5 nitrogen and oxygen atoms in total. The first-order chi connectivity index (χ1) is 14.8. The van der Waals surface area contributed by atoms with Crippen molar-refractivity contribution in [2.24, 2.45) is 0 Å². The van der Waals surface area contributed by atoms with Gasteiger partial charge >= 0.3 is 0 Å². The van der Waals surface area contributed by atoms with E-state index in [-0.39, 0.29) is 24.0 Å². The Bertz CT molecular complexity index is 1120. The number of benzene rings is 3. The molecule has 3 aromatic rings. The summed E-state index contributed by atoms with van der Waals surface area (Å²) in [7, 11) is -4.00. The highest BCUT2D eigenvalue weighted by atomic mass is 35.5. The lowest BCUT2D eigenvalue weighted by molar-refractivity contribution is -0.122. The van der Waals surface area contributed by atoms with E-state index < -0.39 is 21.7 Å². The molecule has 0 bridgehead atoms. The van der Waals surface area contributed by atoms with Crippen molar-refractivity contribution in [3.8, 4) is 0 Å². The van der Waals surface area contributed by atoms with Gasteiger partial charge in [-0.1, -0.05) is 54.1 Å². The number of amides is 1. The number of nitrogens with zero attached hydrogens (tertiary/aromatic N) is 1. The van der Waals surface area contributed by atoms with Gasteiger partial charge in [0.1, 0.15) is 5.82 Å². The molecule has 0 fully saturated rings. The molecule has 0 aromatic heterocycles. The molecule has 162 valence electrons. The summed E-state index contributed by atoms with van der Waals surface area (Å²) in [5, 5.41) is 3.23. The molecule has 0 aliphatic heterocycles. The Morgan fingerprint density at radius 3 is 2.23 bits per heavy atom. The SMILES string of the molecule is C[C@H](NC(=O)CN(Cc1ccc(F)cc1)S(=O)(=O)c1ccc(Cl)cc1)c1ccccc1. The highest BCUT2D eigenvalue weighted by molar-refractivity contribution is 7.89. The molecule has 0 spiro atoms. The largest absolute Gasteiger partial charge is 0.348 e. The number of carbonyl (C=O) groups excluding carboxylic acids is 1. The average Bonchev–Trinajstić information content (AvgIpc) is 2.75. The second-order valence-electron chi connectivity index (χ2n) is 7.05. The number of hydrogen-bond acceptors (Lipinski definition) is 3. The van der Waals surface area contributed by atoms with Crippen LogP contribution in [0.25, 0.3) is 0 Å². The molecule has 0 aliphatic rings. The molecule has 3 aromatic carbocycles. The van der Waals surface area contributed by atoms with Crippen LogP contribution in [0.5, 0.6) is 0 Å². The van der Waals surface area contributed by atoms with E-state index in [9.17, 15) is 17.6 Å². The molecule has 0 radical (unpaired) electrons. The predicted octanol–water partition coefficient (Wildman–Crippen LogP) is 4.55. The fraction of sp³-hybridized carbons (Fsp3) is 0.174. The van der Waals surface area contributed by atoms with Crippen molar-refractivity contribution >= 4 is 27.5 Å². The van der Waals surface area contributed by atoms with E-state index in [1.54, 1.807) is 0 Å². The third-order valence-electron chi connectivity index (χ3n) is 4.72. The van der Waals surface area contributed by atoms with Gasteiger partial charge in [0, 0.05) is 11.6 Å². The molecule has 31 heavy (non-hydrogen) atoms. The zero-order valence-electron chi connectivity index (χ0n) is 16.8. The van der Waals surface area contributed by atoms with Gasteiger partial charge in [-0.15, -0.1) is 0 Å². The normalized spacial score (nSPS) is 12.5. The van der Waals surface area contributed by atoms with Crippen LogP contribution in [0.2, 0.25) is 5.02 Å². The van der Waals surface area contributed by atoms with Crippen molar-refractivity contribution < 1.29 is 17.6 Å². The number of carbonyl (C=O) groups is 1. The highest BCUT2D eigenvalue weighted by Crippen LogP contribution is 2.21. The molecule has 1 N–H and O–H groups in total. The lowest BCUT2D eigenvalue weighted by Gasteiger charge is -2.23. The van der Waals surface area contributed by atoms with Crippen LogP contribution in [0, 0.1) is 5.82 Å². The van der Waals surface area contributed by atoms with Gasteiger partial charge in [-0.05, 0) is 54.4 Å². The highest BCUT2D eigenvalue weighted by Gasteiger charge is 2.27. The maximum Gasteiger partial charge on any atom is 0.243 e. The van der Waals surface area contributed by atoms with E-state index in [1.807, 2.05) is 37.3 Å². The molecule has 0 aliphatic carbocycles. The average molecular weight is 461 g/mol. The summed E-state index contributed by atoms with van der Waals surface area (Å²) in [6.45, 7) is 1.35. The number of rotatable bonds is 8. The number of hydrogen-bond donors (Lipinski definition) is 1. The minimum atomic E-state index is -4.00. The Hall–Kier alpha value is -2.74. The van der Waals surface area contributed by atoms with Gasteiger partial charge in [0.05, 0.1) is 17.5 Å². The Labute approximate surface area is 186 Å². The van der Waals surface area contributed by atoms with Gasteiger partial charge in [-0.3, -0.25) is 4.79 Å². The Balaban J connectivity index is 1.83. The second kappa shape index (κ2) is 10.0. The van der Waals surface area contributed by atoms with Gasteiger partial charge in [0.2, 0.25) is 15.9 Å². The molecule has 1 atom stereocenters. The van der Waals surface area contributed by atoms with Gasteiger partial charge in [-0.25, -0.2) is 12.8 Å². The summed E-state index contributed by atoms with van der Waals surface area (Å²) in [5.74, 6) is -0.874. The van der Waals surface area contributed by atoms with Crippen LogP contribution in [-0.4, -0.2) is 25.2 Å². The second-order valence-corrected chi connectivity index (χ2v) is 9.43. The molecule has 0 unspecified atom stereocenters. The van der Waals surface area contributed by atoms with Gasteiger partial charge in [-0.2, -0.15) is 4.31 Å². The summed E-state index contributed by atoms with van der Waals surface area (Å²) in [4.78, 5) is 12.7. The lowest BCUT2D eigenvalue weighted by atomic mass is 10.1. The molecule has 0 saturated heterocycles. The fourth-order valence-corrected chi connectivity index (χ4v) is 4.56. The van der Waals surface area contributed by atoms with Gasteiger partial charge in [0.25, 0.3) is 0 Å². The van der Waals surface area contributed by atoms with Crippen molar-refractivity contribution in [2.75, 3.05) is 6.54 Å². The van der Waals surface area contributed by atoms with Crippen molar-refractivity contribution in [1.82, 2.24) is 9.62 Å². The van der Waals surface area contributed by atoms with E-state index in [2.05, 4.69) is 5.32 Å². The third kappa shape index (κ3) is 6.13. The lowest BCUT2D eigenvalue weighted by Crippen LogP contribution is -2.41. The Morgan fingerprint density at radius 1 is 1.00 bits per heavy atom. The summed E-state index contributed by atoms with van der Waals surface area (Å²) in [6.07, 6.45) is 0. The van der Waals surface area contributed by atoms with Crippen LogP contribution in [0.1, 0.15) is 24.1 Å². The summed E-state index contributed by atoms with van der Waals surface area (Å²) in [5.41, 5.74) is 1.46. The fourth-order valence-electron chi connectivity index (χ4n) is 3.05. The van der Waals surface area contributed by atoms with Gasteiger partial charge in [0.15, 0.2) is 0 Å². The summed E-state index contributed by atoms with van der Waals surface area (Å²) < 4.78 is 40.8. The predicted molar refractivity (Wildman–Crippen MR) is 118 cm³/mol. The molecular weight excluding hydrogens is 439 g/mol. The van der Waals surface area contributed by atoms with E-state index in [0.29, 0.717) is 10.6 Å². The van der Waals surface area contributed by atoms with Gasteiger partial charge < -0.3 is 5.32 Å². The zero-order chi connectivity index (χ0) is 22.4. The summed E-state index contributed by atoms with van der Waals surface area (Å²) >= 11 is 5.88. The summed E-state index contributed by atoms with van der Waals surface area (Å²) in [6, 6.07) is 20.3. The Morgan fingerprint density at radius 2 is 1.61 bits per heavy atom. The van der Waals surface area contributed by atoms with Crippen LogP contribution >= 0.6 is 11.6 Å². The first kappa shape index (κ1) is 22.9. The minimum Gasteiger partial charge on any atom is -0.348 e. The molecule has 0 heterocycles. The smallest absolute Gasteiger partial charge is 0.243 e. The number of halogens is 2. The van der Waals surface area contributed by atoms with Crippen LogP contribution in [0.15, 0.2) is 83.8 Å². The standard InChI is InChI=1S/C23H22ClFN2O3S/c1-17(19-5-3-2-4-6-19)26-23(28)16-27(15-18-7-11-21(25)12-8-18)31(29,30)22-13-9-20(24)10-14-22/h2-14,17H,15-16H2,1H3,(H,26,28)/t17-/m0/s1. The zero-order valence-corrected chi connectivity index (χ0v) is 18.4. The third-order valence-corrected chi connectivity index (χ3v) is 6.78. The van der Waals surface area contributed by atoms with E-state index in [1.165, 1.54) is 48.5 Å². The molecule has 8 heteroatoms. The molecule has 0 saturated carbocycles. The first-order valence-electron chi connectivity index (χ1n) is 9.60. The minimum absolute atomic E-state index is 0.0166. The van der Waals surface area contributed by atoms with Crippen LogP contribution < -0.4 is 5.32 Å². The maximum atomic E-state index is 13.3. The first-order valence-corrected chi connectivity index (χ1v) is 11.4. The number of nitrogens with one attached hydrogen (secondary N) is 1.